The lowest BCUT2D eigenvalue weighted by Gasteiger charge is -2.42. The van der Waals surface area contributed by atoms with E-state index in [0.717, 1.165) is 10.8 Å². The van der Waals surface area contributed by atoms with Crippen LogP contribution in [-0.4, -0.2) is 86.9 Å². The van der Waals surface area contributed by atoms with E-state index in [2.05, 4.69) is 10.3 Å². The molecule has 2 aromatic carbocycles. The van der Waals surface area contributed by atoms with Crippen molar-refractivity contribution in [3.8, 4) is 0 Å². The smallest absolute Gasteiger partial charge is 0.416 e. The second-order valence-corrected chi connectivity index (χ2v) is 10.9. The summed E-state index contributed by atoms with van der Waals surface area (Å²) in [6.45, 7) is 2.48. The van der Waals surface area contributed by atoms with Crippen molar-refractivity contribution in [2.45, 2.75) is 31.0 Å². The van der Waals surface area contributed by atoms with E-state index < -0.39 is 41.7 Å². The number of alkyl halides is 6. The van der Waals surface area contributed by atoms with Crippen molar-refractivity contribution in [3.05, 3.63) is 70.8 Å². The Kier molecular flexibility index (Phi) is 8.93. The average Bonchev–Trinajstić information content (AvgIpc) is 2.97. The number of hydrogen-bond acceptors (Lipinski definition) is 8. The van der Waals surface area contributed by atoms with Crippen molar-refractivity contribution in [2.75, 3.05) is 58.5 Å². The second-order valence-electron chi connectivity index (χ2n) is 10.9. The number of ether oxygens (including phenoxy) is 2. The van der Waals surface area contributed by atoms with Crippen LogP contribution in [0.25, 0.3) is 5.70 Å². The molecular weight excluding hydrogens is 580 g/mol. The van der Waals surface area contributed by atoms with Crippen LogP contribution in [0.4, 0.5) is 32.0 Å². The summed E-state index contributed by atoms with van der Waals surface area (Å²) >= 11 is 0. The molecule has 5 rings (SSSR count). The molecule has 2 aromatic rings. The summed E-state index contributed by atoms with van der Waals surface area (Å²) in [5.74, 6) is -0.434. The van der Waals surface area contributed by atoms with Gasteiger partial charge in [-0.05, 0) is 48.4 Å². The highest BCUT2D eigenvalue weighted by atomic mass is 19.4. The Morgan fingerprint density at radius 2 is 1.60 bits per heavy atom. The van der Waals surface area contributed by atoms with Crippen molar-refractivity contribution in [1.29, 1.82) is 0 Å². The second kappa shape index (κ2) is 12.3. The fourth-order valence-electron chi connectivity index (χ4n) is 5.48. The molecule has 0 aromatic heterocycles. The summed E-state index contributed by atoms with van der Waals surface area (Å²) in [6.07, 6.45) is -9.30. The van der Waals surface area contributed by atoms with Gasteiger partial charge in [-0.3, -0.25) is 20.5 Å². The van der Waals surface area contributed by atoms with Gasteiger partial charge in [0.25, 0.3) is 0 Å². The minimum Gasteiger partial charge on any atom is -0.458 e. The number of fused-ring (bicyclic) bond motifs is 1. The summed E-state index contributed by atoms with van der Waals surface area (Å²) in [6, 6.07) is 7.74. The van der Waals surface area contributed by atoms with E-state index in [4.69, 9.17) is 9.47 Å². The molecule has 0 aliphatic carbocycles. The molecule has 234 valence electrons. The molecule has 0 amide bonds. The maximum atomic E-state index is 13.7. The molecule has 3 heterocycles. The van der Waals surface area contributed by atoms with E-state index in [1.165, 1.54) is 0 Å². The highest BCUT2D eigenvalue weighted by molar-refractivity contribution is 5.82. The van der Waals surface area contributed by atoms with Gasteiger partial charge < -0.3 is 14.4 Å². The van der Waals surface area contributed by atoms with Crippen molar-refractivity contribution in [1.82, 2.24) is 15.3 Å². The Bertz CT molecular complexity index is 1310. The molecule has 3 atom stereocenters. The minimum absolute atomic E-state index is 0.0983. The van der Waals surface area contributed by atoms with Gasteiger partial charge in [-0.1, -0.05) is 12.1 Å². The van der Waals surface area contributed by atoms with Gasteiger partial charge in [0.1, 0.15) is 0 Å². The lowest BCUT2D eigenvalue weighted by Crippen LogP contribution is -2.54. The third kappa shape index (κ3) is 7.08. The van der Waals surface area contributed by atoms with E-state index in [9.17, 15) is 31.5 Å². The zero-order valence-electron chi connectivity index (χ0n) is 23.6. The van der Waals surface area contributed by atoms with Crippen LogP contribution in [0.1, 0.15) is 22.3 Å². The molecular formula is C29H33F6N5O3. The maximum Gasteiger partial charge on any atom is 0.416 e. The van der Waals surface area contributed by atoms with Crippen LogP contribution < -0.4 is 10.2 Å². The van der Waals surface area contributed by atoms with E-state index >= 15 is 0 Å². The van der Waals surface area contributed by atoms with Crippen molar-refractivity contribution < 1.29 is 41.0 Å². The monoisotopic (exact) mass is 613 g/mol. The SMILES string of the molecule is CN(C)c1ccc(C2=CC(N3CCOCC3)OC3=NCNCC3C(Cc3cc(C(F)(F)F)cc(C(F)(F)F)c3)N2O)cc1. The van der Waals surface area contributed by atoms with Gasteiger partial charge in [0, 0.05) is 45.0 Å². The Balaban J connectivity index is 1.61. The fraction of sp³-hybridized carbons (Fsp3) is 0.483. The number of nitrogens with zero attached hydrogens (tertiary/aromatic N) is 4. The first-order chi connectivity index (χ1) is 20.3. The Morgan fingerprint density at radius 1 is 0.977 bits per heavy atom. The van der Waals surface area contributed by atoms with Crippen LogP contribution in [0, 0.1) is 5.92 Å². The first-order valence-corrected chi connectivity index (χ1v) is 13.8. The summed E-state index contributed by atoms with van der Waals surface area (Å²) in [4.78, 5) is 8.38. The van der Waals surface area contributed by atoms with E-state index in [-0.39, 0.29) is 37.2 Å². The first kappa shape index (κ1) is 31.1. The molecule has 1 saturated heterocycles. The molecule has 3 aliphatic rings. The number of nitrogens with one attached hydrogen (secondary N) is 1. The third-order valence-corrected chi connectivity index (χ3v) is 7.77. The van der Waals surface area contributed by atoms with Crippen LogP contribution in [0.15, 0.2) is 53.5 Å². The van der Waals surface area contributed by atoms with Crippen LogP contribution in [0.2, 0.25) is 0 Å². The number of morpholine rings is 1. The molecule has 14 heteroatoms. The third-order valence-electron chi connectivity index (χ3n) is 7.77. The molecule has 43 heavy (non-hydrogen) atoms. The predicted molar refractivity (Wildman–Crippen MR) is 147 cm³/mol. The normalized spacial score (nSPS) is 23.8. The van der Waals surface area contributed by atoms with Crippen LogP contribution in [-0.2, 0) is 28.2 Å². The highest BCUT2D eigenvalue weighted by Crippen LogP contribution is 2.38. The molecule has 0 spiro atoms. The van der Waals surface area contributed by atoms with Crippen LogP contribution in [0.3, 0.4) is 0 Å². The standard InChI is InChI=1S/C29H33F6N5O3/c1-38(2)22-5-3-19(4-6-22)24-15-26(39-7-9-42-10-8-39)43-27-23(16-36-17-37-27)25(40(24)41)13-18-11-20(28(30,31)32)14-21(12-18)29(33,34)35/h3-6,11-12,14-15,23,25-26,36,41H,7-10,13,16-17H2,1-2H3. The van der Waals surface area contributed by atoms with Gasteiger partial charge in [-0.2, -0.15) is 26.3 Å². The molecule has 3 unspecified atom stereocenters. The van der Waals surface area contributed by atoms with Gasteiger partial charge >= 0.3 is 12.4 Å². The number of rotatable bonds is 5. The van der Waals surface area contributed by atoms with E-state index in [1.807, 2.05) is 36.0 Å². The fourth-order valence-corrected chi connectivity index (χ4v) is 5.48. The largest absolute Gasteiger partial charge is 0.458 e. The molecule has 0 bridgehead atoms. The van der Waals surface area contributed by atoms with Gasteiger partial charge in [0.05, 0.1) is 48.7 Å². The number of hydrogen-bond donors (Lipinski definition) is 2. The zero-order chi connectivity index (χ0) is 30.9. The molecule has 0 radical (unpaired) electrons. The van der Waals surface area contributed by atoms with Crippen molar-refractivity contribution >= 4 is 17.3 Å². The molecule has 3 aliphatic heterocycles. The number of hydroxylamine groups is 2. The Morgan fingerprint density at radius 3 is 2.19 bits per heavy atom. The first-order valence-electron chi connectivity index (χ1n) is 13.8. The van der Waals surface area contributed by atoms with Gasteiger partial charge in [-0.25, -0.2) is 4.99 Å². The molecule has 8 nitrogen and oxygen atoms in total. The number of anilines is 1. The lowest BCUT2D eigenvalue weighted by atomic mass is 9.89. The Hall–Kier alpha value is -3.33. The number of halogens is 6. The van der Waals surface area contributed by atoms with Crippen LogP contribution >= 0.6 is 0 Å². The topological polar surface area (TPSA) is 72.8 Å². The minimum atomic E-state index is -5.00. The Labute approximate surface area is 245 Å². The summed E-state index contributed by atoms with van der Waals surface area (Å²) < 4.78 is 93.9. The van der Waals surface area contributed by atoms with Crippen molar-refractivity contribution in [3.63, 3.8) is 0 Å². The molecule has 2 N–H and O–H groups in total. The summed E-state index contributed by atoms with van der Waals surface area (Å²) in [5, 5.41) is 15.9. The van der Waals surface area contributed by atoms with Gasteiger partial charge in [0.2, 0.25) is 0 Å². The van der Waals surface area contributed by atoms with Crippen molar-refractivity contribution in [2.24, 2.45) is 10.9 Å². The quantitative estimate of drug-likeness (QED) is 0.474. The molecule has 0 saturated carbocycles. The predicted octanol–water partition coefficient (Wildman–Crippen LogP) is 4.70. The zero-order valence-corrected chi connectivity index (χ0v) is 23.6. The summed E-state index contributed by atoms with van der Waals surface area (Å²) in [5.41, 5.74) is -1.27. The van der Waals surface area contributed by atoms with Gasteiger partial charge in [0.15, 0.2) is 12.1 Å². The average molecular weight is 614 g/mol. The maximum absolute atomic E-state index is 13.7. The lowest BCUT2D eigenvalue weighted by molar-refractivity contribution is -0.143. The number of benzene rings is 2. The van der Waals surface area contributed by atoms with Gasteiger partial charge in [-0.15, -0.1) is 0 Å². The molecule has 1 fully saturated rings. The summed E-state index contributed by atoms with van der Waals surface area (Å²) in [7, 11) is 3.75. The number of aliphatic imine (C=N–C) groups is 1. The van der Waals surface area contributed by atoms with Crippen LogP contribution in [0.5, 0.6) is 0 Å². The van der Waals surface area contributed by atoms with E-state index in [1.54, 1.807) is 18.2 Å². The highest BCUT2D eigenvalue weighted by Gasteiger charge is 2.41. The van der Waals surface area contributed by atoms with E-state index in [0.29, 0.717) is 49.7 Å².